The Morgan fingerprint density at radius 2 is 1.76 bits per heavy atom. The molecule has 0 bridgehead atoms. The molecule has 0 heterocycles. The van der Waals surface area contributed by atoms with Gasteiger partial charge < -0.3 is 27.0 Å². The van der Waals surface area contributed by atoms with Gasteiger partial charge in [0.2, 0.25) is 5.91 Å². The Balaban J connectivity index is 2.80. The van der Waals surface area contributed by atoms with E-state index in [-0.39, 0.29) is 44.1 Å². The third-order valence-electron chi connectivity index (χ3n) is 4.98. The van der Waals surface area contributed by atoms with Gasteiger partial charge in [-0.25, -0.2) is 10.6 Å². The third kappa shape index (κ3) is 10.3. The minimum Gasteiger partial charge on any atom is -0.480 e. The molecular weight excluding hydrogens is 428 g/mol. The molecule has 2 amide bonds. The molecule has 9 N–H and O–H groups in total. The summed E-state index contributed by atoms with van der Waals surface area (Å²) in [5.74, 6) is 3.01. The number of carboxylic acids is 1. The number of nitrogens with two attached hydrogens (primary N) is 3. The largest absolute Gasteiger partial charge is 0.480 e. The highest BCUT2D eigenvalue weighted by atomic mass is 16.4. The number of hydrogen-bond acceptors (Lipinski definition) is 6. The summed E-state index contributed by atoms with van der Waals surface area (Å²) in [6, 6.07) is 6.99. The molecule has 0 unspecified atom stereocenters. The summed E-state index contributed by atoms with van der Waals surface area (Å²) in [7, 11) is 0. The quantitative estimate of drug-likeness (QED) is 0.0539. The van der Waals surface area contributed by atoms with Crippen molar-refractivity contribution >= 4 is 23.7 Å². The Morgan fingerprint density at radius 3 is 2.30 bits per heavy atom. The molecule has 0 fully saturated rings. The van der Waals surface area contributed by atoms with Crippen molar-refractivity contribution < 1.29 is 24.6 Å². The minimum absolute atomic E-state index is 0.000689. The number of aliphatic hydroxyl groups excluding tert-OH is 1. The zero-order chi connectivity index (χ0) is 25.0. The van der Waals surface area contributed by atoms with Crippen molar-refractivity contribution in [2.75, 3.05) is 6.54 Å². The van der Waals surface area contributed by atoms with Crippen molar-refractivity contribution in [2.45, 2.75) is 64.1 Å². The van der Waals surface area contributed by atoms with Crippen molar-refractivity contribution in [3.63, 3.8) is 0 Å². The summed E-state index contributed by atoms with van der Waals surface area (Å²) < 4.78 is 0. The molecule has 0 aliphatic carbocycles. The van der Waals surface area contributed by atoms with E-state index in [0.717, 1.165) is 5.56 Å². The van der Waals surface area contributed by atoms with Crippen LogP contribution in [0.4, 0.5) is 0 Å². The predicted octanol–water partition coefficient (Wildman–Crippen LogP) is -0.280. The van der Waals surface area contributed by atoms with Gasteiger partial charge in [0.25, 0.3) is 5.91 Å². The number of hydrogen-bond donors (Lipinski definition) is 6. The smallest absolute Gasteiger partial charge is 0.328 e. The second-order valence-electron chi connectivity index (χ2n) is 8.28. The van der Waals surface area contributed by atoms with E-state index < -0.39 is 36.0 Å². The Bertz CT molecular complexity index is 798. The maximum Gasteiger partial charge on any atom is 0.328 e. The Morgan fingerprint density at radius 1 is 1.12 bits per heavy atom. The fourth-order valence-corrected chi connectivity index (χ4v) is 3.25. The van der Waals surface area contributed by atoms with E-state index in [0.29, 0.717) is 11.4 Å². The van der Waals surface area contributed by atoms with Gasteiger partial charge in [0.05, 0.1) is 0 Å². The number of nitrogens with zero attached hydrogens (tertiary/aromatic N) is 2. The topological polar surface area (TPSA) is 197 Å². The lowest BCUT2D eigenvalue weighted by molar-refractivity contribution is -0.152. The number of nitrogens with one attached hydrogen (secondary N) is 1. The van der Waals surface area contributed by atoms with Gasteiger partial charge in [-0.1, -0.05) is 44.2 Å². The second kappa shape index (κ2) is 14.1. The minimum atomic E-state index is -1.33. The number of amides is 2. The van der Waals surface area contributed by atoms with E-state index in [1.54, 1.807) is 0 Å². The molecule has 0 radical (unpaired) electrons. The number of guanidine groups is 1. The number of carboxylic acid groups (broad SMARTS) is 1. The lowest BCUT2D eigenvalue weighted by atomic mass is 10.0. The van der Waals surface area contributed by atoms with Crippen LogP contribution in [-0.4, -0.2) is 63.7 Å². The first-order valence-corrected chi connectivity index (χ1v) is 10.9. The maximum absolute atomic E-state index is 13.0. The first-order chi connectivity index (χ1) is 15.5. The van der Waals surface area contributed by atoms with Gasteiger partial charge in [0, 0.05) is 6.54 Å². The molecule has 0 aliphatic rings. The van der Waals surface area contributed by atoms with Gasteiger partial charge >= 0.3 is 5.97 Å². The summed E-state index contributed by atoms with van der Waals surface area (Å²) in [6.07, 6.45) is -0.130. The fraction of sp³-hybridized carbons (Fsp3) is 0.545. The van der Waals surface area contributed by atoms with E-state index in [4.69, 9.17) is 17.3 Å². The molecule has 0 spiro atoms. The fourth-order valence-electron chi connectivity index (χ4n) is 3.25. The Kier molecular flexibility index (Phi) is 11.9. The van der Waals surface area contributed by atoms with Crippen LogP contribution in [0.5, 0.6) is 0 Å². The molecule has 1 aromatic rings. The first-order valence-electron chi connectivity index (χ1n) is 10.9. The summed E-state index contributed by atoms with van der Waals surface area (Å²) in [6.45, 7) is 3.89. The van der Waals surface area contributed by atoms with Crippen molar-refractivity contribution in [1.29, 1.82) is 0 Å². The number of carbonyl (C=O) groups excluding carboxylic acids is 2. The molecule has 11 nitrogen and oxygen atoms in total. The Labute approximate surface area is 194 Å². The number of aliphatic hydroxyl groups is 1. The number of carbonyl (C=O) groups is 3. The highest BCUT2D eigenvalue weighted by Crippen LogP contribution is 2.13. The Hall–Kier alpha value is -3.18. The lowest BCUT2D eigenvalue weighted by Crippen LogP contribution is -2.58. The molecule has 33 heavy (non-hydrogen) atoms. The van der Waals surface area contributed by atoms with E-state index >= 15 is 0 Å². The molecule has 184 valence electrons. The van der Waals surface area contributed by atoms with Crippen molar-refractivity contribution in [2.24, 2.45) is 28.2 Å². The average Bonchev–Trinajstić information content (AvgIpc) is 2.75. The van der Waals surface area contributed by atoms with Crippen LogP contribution in [0.15, 0.2) is 35.3 Å². The SMILES string of the molecule is CC(C)C[C@H](NC(=O)[C@@H](O)CCc1ccccc1)C(=O)N(N)[C@H](CCCN=C(N)N)C(=O)O. The van der Waals surface area contributed by atoms with Crippen LogP contribution in [0.3, 0.4) is 0 Å². The number of rotatable bonds is 14. The van der Waals surface area contributed by atoms with Crippen LogP contribution in [0.1, 0.15) is 45.1 Å². The van der Waals surface area contributed by atoms with Crippen molar-refractivity contribution in [1.82, 2.24) is 10.3 Å². The highest BCUT2D eigenvalue weighted by Gasteiger charge is 2.33. The number of hydrazine groups is 1. The molecule has 1 aromatic carbocycles. The second-order valence-corrected chi connectivity index (χ2v) is 8.28. The van der Waals surface area contributed by atoms with E-state index in [9.17, 15) is 24.6 Å². The van der Waals surface area contributed by atoms with Gasteiger partial charge in [-0.15, -0.1) is 0 Å². The summed E-state index contributed by atoms with van der Waals surface area (Å²) in [4.78, 5) is 41.0. The number of aliphatic carboxylic acids is 1. The van der Waals surface area contributed by atoms with Crippen molar-refractivity contribution in [3.8, 4) is 0 Å². The highest BCUT2D eigenvalue weighted by molar-refractivity contribution is 5.91. The third-order valence-corrected chi connectivity index (χ3v) is 4.98. The molecule has 3 atom stereocenters. The predicted molar refractivity (Wildman–Crippen MR) is 125 cm³/mol. The molecular formula is C22H36N6O5. The van der Waals surface area contributed by atoms with E-state index in [1.807, 2.05) is 44.2 Å². The number of aliphatic imine (C=N–C) groups is 1. The van der Waals surface area contributed by atoms with Crippen LogP contribution in [-0.2, 0) is 20.8 Å². The molecule has 0 aromatic heterocycles. The van der Waals surface area contributed by atoms with E-state index in [2.05, 4.69) is 10.3 Å². The number of aryl methyl sites for hydroxylation is 1. The first kappa shape index (κ1) is 27.9. The van der Waals surface area contributed by atoms with E-state index in [1.165, 1.54) is 0 Å². The van der Waals surface area contributed by atoms with Gasteiger partial charge in [-0.3, -0.25) is 19.6 Å². The van der Waals surface area contributed by atoms with Gasteiger partial charge in [0.1, 0.15) is 18.2 Å². The summed E-state index contributed by atoms with van der Waals surface area (Å²) in [5, 5.41) is 23.0. The van der Waals surface area contributed by atoms with Gasteiger partial charge in [-0.05, 0) is 43.6 Å². The normalized spacial score (nSPS) is 13.6. The van der Waals surface area contributed by atoms with Crippen LogP contribution in [0, 0.1) is 5.92 Å². The number of benzene rings is 1. The van der Waals surface area contributed by atoms with Gasteiger partial charge in [0.15, 0.2) is 5.96 Å². The van der Waals surface area contributed by atoms with Crippen LogP contribution < -0.4 is 22.6 Å². The molecule has 11 heteroatoms. The van der Waals surface area contributed by atoms with Crippen LogP contribution in [0.2, 0.25) is 0 Å². The molecule has 0 saturated heterocycles. The molecule has 0 aliphatic heterocycles. The summed E-state index contributed by atoms with van der Waals surface area (Å²) in [5.41, 5.74) is 11.5. The summed E-state index contributed by atoms with van der Waals surface area (Å²) >= 11 is 0. The van der Waals surface area contributed by atoms with Crippen LogP contribution >= 0.6 is 0 Å². The molecule has 0 saturated carbocycles. The van der Waals surface area contributed by atoms with Gasteiger partial charge in [-0.2, -0.15) is 0 Å². The maximum atomic E-state index is 13.0. The average molecular weight is 465 g/mol. The standard InChI is InChI=1S/C22H36N6O5/c1-14(2)13-16(27-19(30)18(29)11-10-15-7-4-3-5-8-15)20(31)28(25)17(21(32)33)9-6-12-26-22(23)24/h3-5,7-8,14,16-18,29H,6,9-13,25H2,1-2H3,(H,27,30)(H,32,33)(H4,23,24,26)/t16-,17+,18-/m0/s1. The zero-order valence-electron chi connectivity index (χ0n) is 19.2. The van der Waals surface area contributed by atoms with Crippen LogP contribution in [0.25, 0.3) is 0 Å². The lowest BCUT2D eigenvalue weighted by Gasteiger charge is -2.29. The monoisotopic (exact) mass is 464 g/mol. The molecule has 1 rings (SSSR count). The van der Waals surface area contributed by atoms with Crippen molar-refractivity contribution in [3.05, 3.63) is 35.9 Å². The zero-order valence-corrected chi connectivity index (χ0v) is 19.2.